The van der Waals surface area contributed by atoms with Crippen molar-refractivity contribution in [2.45, 2.75) is 26.4 Å². The van der Waals surface area contributed by atoms with E-state index in [1.807, 2.05) is 19.1 Å². The molecule has 0 aromatic carbocycles. The van der Waals surface area contributed by atoms with Gasteiger partial charge in [-0.1, -0.05) is 0 Å². The average molecular weight is 414 g/mol. The van der Waals surface area contributed by atoms with E-state index in [-0.39, 0.29) is 6.04 Å². The topological polar surface area (TPSA) is 89.2 Å². The Morgan fingerprint density at radius 3 is 2.83 bits per heavy atom. The molecule has 1 fully saturated rings. The van der Waals surface area contributed by atoms with Gasteiger partial charge in [-0.2, -0.15) is 19.0 Å². The van der Waals surface area contributed by atoms with Crippen LogP contribution in [0.1, 0.15) is 19.2 Å². The molecule has 5 heterocycles. The number of aromatic amines is 1. The molecule has 30 heavy (non-hydrogen) atoms. The van der Waals surface area contributed by atoms with Crippen LogP contribution in [0.2, 0.25) is 0 Å². The number of aromatic nitrogens is 7. The van der Waals surface area contributed by atoms with Gasteiger partial charge in [0.25, 0.3) is 0 Å². The molecule has 156 valence electrons. The largest absolute Gasteiger partial charge is 0.377 e. The minimum absolute atomic E-state index is 0.121. The van der Waals surface area contributed by atoms with Gasteiger partial charge in [-0.25, -0.2) is 14.2 Å². The van der Waals surface area contributed by atoms with Crippen LogP contribution in [0.3, 0.4) is 0 Å². The molecule has 1 atom stereocenters. The lowest BCUT2D eigenvalue weighted by atomic mass is 10.1. The maximum atomic E-state index is 13.1. The Balaban J connectivity index is 1.76. The fourth-order valence-electron chi connectivity index (χ4n) is 3.80. The van der Waals surface area contributed by atoms with E-state index in [1.165, 1.54) is 6.20 Å². The molecule has 0 spiro atoms. The molecule has 0 aliphatic carbocycles. The number of H-pyrrole nitrogens is 1. The molecule has 1 aliphatic rings. The Morgan fingerprint density at radius 2 is 2.13 bits per heavy atom. The van der Waals surface area contributed by atoms with Crippen molar-refractivity contribution < 1.29 is 13.5 Å². The summed E-state index contributed by atoms with van der Waals surface area (Å²) in [5, 5.41) is 15.9. The van der Waals surface area contributed by atoms with Crippen molar-refractivity contribution in [3.8, 4) is 22.8 Å². The third-order valence-electron chi connectivity index (χ3n) is 5.25. The second-order valence-corrected chi connectivity index (χ2v) is 7.24. The lowest BCUT2D eigenvalue weighted by molar-refractivity contribution is 0.0568. The van der Waals surface area contributed by atoms with E-state index in [9.17, 15) is 8.78 Å². The molecule has 4 aromatic rings. The van der Waals surface area contributed by atoms with Crippen molar-refractivity contribution in [3.05, 3.63) is 36.3 Å². The first-order valence-electron chi connectivity index (χ1n) is 9.61. The number of aryl methyl sites for hydroxylation is 1. The number of hydrogen-bond donors (Lipinski definition) is 1. The van der Waals surface area contributed by atoms with Crippen LogP contribution in [0.5, 0.6) is 0 Å². The lowest BCUT2D eigenvalue weighted by Gasteiger charge is -2.34. The van der Waals surface area contributed by atoms with Crippen LogP contribution < -0.4 is 4.90 Å². The Hall–Kier alpha value is -3.34. The molecule has 5 rings (SSSR count). The average Bonchev–Trinajstić information content (AvgIpc) is 3.48. The van der Waals surface area contributed by atoms with Crippen molar-refractivity contribution in [3.63, 3.8) is 0 Å². The van der Waals surface area contributed by atoms with Gasteiger partial charge in [0.1, 0.15) is 5.69 Å². The fourth-order valence-corrected chi connectivity index (χ4v) is 3.80. The van der Waals surface area contributed by atoms with E-state index < -0.39 is 6.55 Å². The number of anilines is 1. The van der Waals surface area contributed by atoms with E-state index in [4.69, 9.17) is 9.84 Å². The first-order chi connectivity index (χ1) is 14.5. The van der Waals surface area contributed by atoms with Gasteiger partial charge >= 0.3 is 6.55 Å². The number of alkyl halides is 2. The highest BCUT2D eigenvalue weighted by molar-refractivity contribution is 5.83. The number of hydrogen-bond acceptors (Lipinski definition) is 6. The number of nitrogens with one attached hydrogen (secondary N) is 1. The Morgan fingerprint density at radius 1 is 1.27 bits per heavy atom. The summed E-state index contributed by atoms with van der Waals surface area (Å²) in [7, 11) is 0. The predicted molar refractivity (Wildman–Crippen MR) is 105 cm³/mol. The summed E-state index contributed by atoms with van der Waals surface area (Å²) in [6.07, 6.45) is 2.92. The van der Waals surface area contributed by atoms with Crippen LogP contribution in [-0.4, -0.2) is 60.4 Å². The maximum Gasteiger partial charge on any atom is 0.333 e. The smallest absolute Gasteiger partial charge is 0.333 e. The zero-order valence-corrected chi connectivity index (χ0v) is 16.5. The second kappa shape index (κ2) is 7.17. The fraction of sp³-hybridized carbons (Fsp3) is 0.368. The second-order valence-electron chi connectivity index (χ2n) is 7.24. The Labute approximate surface area is 170 Å². The first-order valence-corrected chi connectivity index (χ1v) is 9.61. The summed E-state index contributed by atoms with van der Waals surface area (Å²) in [4.78, 5) is 6.81. The van der Waals surface area contributed by atoms with E-state index in [1.54, 1.807) is 16.8 Å². The SMILES string of the molecule is Cc1nc(-c2ccn[nH]2)n2nc(N3CCOCC3C)cc(-c3ccn(C(F)F)n3)c12. The van der Waals surface area contributed by atoms with Crippen LogP contribution >= 0.6 is 0 Å². The predicted octanol–water partition coefficient (Wildman–Crippen LogP) is 2.91. The van der Waals surface area contributed by atoms with Crippen LogP contribution in [0.15, 0.2) is 30.6 Å². The van der Waals surface area contributed by atoms with Gasteiger partial charge in [-0.05, 0) is 32.0 Å². The number of ether oxygens (including phenoxy) is 1. The van der Waals surface area contributed by atoms with Crippen LogP contribution in [0.4, 0.5) is 14.6 Å². The molecule has 1 saturated heterocycles. The molecule has 4 aromatic heterocycles. The van der Waals surface area contributed by atoms with Gasteiger partial charge in [0.2, 0.25) is 0 Å². The van der Waals surface area contributed by atoms with Gasteiger partial charge in [0.05, 0.1) is 36.2 Å². The molecular formula is C19H20F2N8O. The van der Waals surface area contributed by atoms with Crippen molar-refractivity contribution in [1.82, 2.24) is 34.6 Å². The number of fused-ring (bicyclic) bond motifs is 1. The molecule has 0 amide bonds. The minimum Gasteiger partial charge on any atom is -0.377 e. The molecule has 0 radical (unpaired) electrons. The zero-order chi connectivity index (χ0) is 20.8. The molecule has 0 bridgehead atoms. The normalized spacial score (nSPS) is 17.4. The van der Waals surface area contributed by atoms with Gasteiger partial charge in [0, 0.05) is 24.5 Å². The maximum absolute atomic E-state index is 13.1. The number of imidazole rings is 1. The summed E-state index contributed by atoms with van der Waals surface area (Å²) in [6, 6.07) is 5.40. The van der Waals surface area contributed by atoms with Crippen molar-refractivity contribution in [1.29, 1.82) is 0 Å². The summed E-state index contributed by atoms with van der Waals surface area (Å²) in [5.74, 6) is 1.30. The number of halogens is 2. The van der Waals surface area contributed by atoms with Crippen LogP contribution in [0.25, 0.3) is 28.3 Å². The third kappa shape index (κ3) is 3.02. The first kappa shape index (κ1) is 18.7. The van der Waals surface area contributed by atoms with Gasteiger partial charge in [-0.3, -0.25) is 5.10 Å². The lowest BCUT2D eigenvalue weighted by Crippen LogP contribution is -2.44. The highest BCUT2D eigenvalue weighted by atomic mass is 19.3. The van der Waals surface area contributed by atoms with E-state index >= 15 is 0 Å². The van der Waals surface area contributed by atoms with Crippen LogP contribution in [0, 0.1) is 6.92 Å². The van der Waals surface area contributed by atoms with Crippen molar-refractivity contribution in [2.24, 2.45) is 0 Å². The highest BCUT2D eigenvalue weighted by Gasteiger charge is 2.25. The number of nitrogens with zero attached hydrogens (tertiary/aromatic N) is 7. The summed E-state index contributed by atoms with van der Waals surface area (Å²) < 4.78 is 34.2. The molecule has 11 heteroatoms. The molecule has 0 saturated carbocycles. The van der Waals surface area contributed by atoms with Gasteiger partial charge < -0.3 is 9.64 Å². The van der Waals surface area contributed by atoms with E-state index in [0.29, 0.717) is 58.6 Å². The molecule has 1 unspecified atom stereocenters. The molecule has 1 aliphatic heterocycles. The summed E-state index contributed by atoms with van der Waals surface area (Å²) in [5.41, 5.74) is 3.26. The molecular weight excluding hydrogens is 394 g/mol. The monoisotopic (exact) mass is 414 g/mol. The highest BCUT2D eigenvalue weighted by Crippen LogP contribution is 2.33. The number of morpholine rings is 1. The Kier molecular flexibility index (Phi) is 4.46. The molecule has 1 N–H and O–H groups in total. The van der Waals surface area contributed by atoms with Gasteiger partial charge in [-0.15, -0.1) is 5.10 Å². The van der Waals surface area contributed by atoms with E-state index in [2.05, 4.69) is 32.1 Å². The van der Waals surface area contributed by atoms with Crippen LogP contribution in [-0.2, 0) is 4.74 Å². The van der Waals surface area contributed by atoms with E-state index in [0.717, 1.165) is 5.69 Å². The minimum atomic E-state index is -2.71. The van der Waals surface area contributed by atoms with Crippen molar-refractivity contribution >= 4 is 11.3 Å². The third-order valence-corrected chi connectivity index (χ3v) is 5.25. The number of rotatable bonds is 4. The molecule has 9 nitrogen and oxygen atoms in total. The summed E-state index contributed by atoms with van der Waals surface area (Å²) >= 11 is 0. The van der Waals surface area contributed by atoms with Gasteiger partial charge in [0.15, 0.2) is 11.6 Å². The summed E-state index contributed by atoms with van der Waals surface area (Å²) in [6.45, 7) is 3.08. The quantitative estimate of drug-likeness (QED) is 0.552. The van der Waals surface area contributed by atoms with Crippen molar-refractivity contribution in [2.75, 3.05) is 24.7 Å². The zero-order valence-electron chi connectivity index (χ0n) is 16.5. The standard InChI is InChI=1S/C19H20F2N8O/c1-11-10-30-8-7-27(11)16-9-13(14-4-6-28(25-14)19(20)21)17-12(2)23-18(29(17)26-16)15-3-5-22-24-15/h3-6,9,11,19H,7-8,10H2,1-2H3,(H,22,24). The Bertz CT molecular complexity index is 1180.